The van der Waals surface area contributed by atoms with Crippen LogP contribution < -0.4 is 4.90 Å². The number of fused-ring (bicyclic) bond motifs is 1. The number of pyridine rings is 1. The van der Waals surface area contributed by atoms with Crippen molar-refractivity contribution in [1.82, 2.24) is 4.98 Å². The molecule has 0 bridgehead atoms. The molecule has 2 atom stereocenters. The minimum Gasteiger partial charge on any atom is -0.425 e. The van der Waals surface area contributed by atoms with Crippen molar-refractivity contribution in [3.63, 3.8) is 0 Å². The fourth-order valence-corrected chi connectivity index (χ4v) is 1.93. The first-order valence-corrected chi connectivity index (χ1v) is 4.77. The minimum atomic E-state index is -0.556. The van der Waals surface area contributed by atoms with Crippen LogP contribution in [0.1, 0.15) is 0 Å². The SMILES string of the molecule is O=C1O[C@H]2CN(c3cc[c]cn3)C[C@H]2O1. The van der Waals surface area contributed by atoms with E-state index in [2.05, 4.69) is 11.1 Å². The average molecular weight is 205 g/mol. The van der Waals surface area contributed by atoms with E-state index in [0.29, 0.717) is 13.1 Å². The molecule has 0 N–H and O–H groups in total. The van der Waals surface area contributed by atoms with Gasteiger partial charge in [0.05, 0.1) is 13.1 Å². The molecule has 5 nitrogen and oxygen atoms in total. The molecule has 3 heterocycles. The quantitative estimate of drug-likeness (QED) is 0.628. The lowest BCUT2D eigenvalue weighted by molar-refractivity contribution is 0.113. The summed E-state index contributed by atoms with van der Waals surface area (Å²) in [6, 6.07) is 6.55. The molecule has 1 aromatic heterocycles. The maximum absolute atomic E-state index is 10.8. The summed E-state index contributed by atoms with van der Waals surface area (Å²) in [6.45, 7) is 1.29. The van der Waals surface area contributed by atoms with E-state index in [-0.39, 0.29) is 12.2 Å². The van der Waals surface area contributed by atoms with Crippen molar-refractivity contribution in [2.24, 2.45) is 0 Å². The van der Waals surface area contributed by atoms with Crippen LogP contribution in [0.2, 0.25) is 0 Å². The zero-order chi connectivity index (χ0) is 10.3. The fraction of sp³-hybridized carbons (Fsp3) is 0.400. The van der Waals surface area contributed by atoms with Crippen molar-refractivity contribution in [3.8, 4) is 0 Å². The number of nitrogens with zero attached hydrogens (tertiary/aromatic N) is 2. The van der Waals surface area contributed by atoms with Crippen LogP contribution in [0.15, 0.2) is 18.3 Å². The maximum atomic E-state index is 10.8. The lowest BCUT2D eigenvalue weighted by Gasteiger charge is -2.16. The van der Waals surface area contributed by atoms with E-state index in [9.17, 15) is 4.79 Å². The molecule has 1 radical (unpaired) electrons. The first-order chi connectivity index (χ1) is 7.33. The molecule has 0 aromatic carbocycles. The van der Waals surface area contributed by atoms with Gasteiger partial charge in [-0.25, -0.2) is 9.78 Å². The van der Waals surface area contributed by atoms with Crippen LogP contribution in [0.4, 0.5) is 10.6 Å². The summed E-state index contributed by atoms with van der Waals surface area (Å²) >= 11 is 0. The Balaban J connectivity index is 1.76. The fourth-order valence-electron chi connectivity index (χ4n) is 1.93. The predicted molar refractivity (Wildman–Crippen MR) is 50.4 cm³/mol. The monoisotopic (exact) mass is 205 g/mol. The molecule has 0 aliphatic carbocycles. The van der Waals surface area contributed by atoms with Gasteiger partial charge in [0, 0.05) is 12.3 Å². The molecule has 2 aliphatic rings. The summed E-state index contributed by atoms with van der Waals surface area (Å²) in [4.78, 5) is 17.0. The van der Waals surface area contributed by atoms with E-state index in [1.165, 1.54) is 0 Å². The van der Waals surface area contributed by atoms with E-state index in [4.69, 9.17) is 9.47 Å². The molecule has 5 heteroatoms. The lowest BCUT2D eigenvalue weighted by atomic mass is 10.3. The van der Waals surface area contributed by atoms with E-state index >= 15 is 0 Å². The average Bonchev–Trinajstić information content (AvgIpc) is 2.76. The molecule has 3 rings (SSSR count). The Morgan fingerprint density at radius 1 is 1.40 bits per heavy atom. The number of ether oxygens (including phenoxy) is 2. The van der Waals surface area contributed by atoms with Gasteiger partial charge in [0.2, 0.25) is 0 Å². The van der Waals surface area contributed by atoms with E-state index in [0.717, 1.165) is 5.82 Å². The van der Waals surface area contributed by atoms with Crippen LogP contribution in [-0.2, 0) is 9.47 Å². The van der Waals surface area contributed by atoms with E-state index in [1.807, 2.05) is 17.0 Å². The van der Waals surface area contributed by atoms with Crippen molar-refractivity contribution in [1.29, 1.82) is 0 Å². The van der Waals surface area contributed by atoms with Gasteiger partial charge in [0.25, 0.3) is 0 Å². The third-order valence-electron chi connectivity index (χ3n) is 2.63. The Bertz CT molecular complexity index is 366. The second-order valence-corrected chi connectivity index (χ2v) is 3.58. The third kappa shape index (κ3) is 1.40. The van der Waals surface area contributed by atoms with Gasteiger partial charge in [-0.05, 0) is 12.1 Å². The predicted octanol–water partition coefficient (Wildman–Crippen LogP) is 0.606. The first-order valence-electron chi connectivity index (χ1n) is 4.77. The van der Waals surface area contributed by atoms with Gasteiger partial charge in [-0.2, -0.15) is 0 Å². The van der Waals surface area contributed by atoms with Gasteiger partial charge in [-0.15, -0.1) is 0 Å². The van der Waals surface area contributed by atoms with Gasteiger partial charge < -0.3 is 14.4 Å². The molecular weight excluding hydrogens is 196 g/mol. The number of anilines is 1. The summed E-state index contributed by atoms with van der Waals surface area (Å²) in [5, 5.41) is 0. The largest absolute Gasteiger partial charge is 0.509 e. The van der Waals surface area contributed by atoms with Crippen LogP contribution >= 0.6 is 0 Å². The van der Waals surface area contributed by atoms with E-state index < -0.39 is 6.16 Å². The zero-order valence-corrected chi connectivity index (χ0v) is 7.92. The van der Waals surface area contributed by atoms with Gasteiger partial charge in [-0.1, -0.05) is 0 Å². The second kappa shape index (κ2) is 3.12. The minimum absolute atomic E-state index is 0.150. The van der Waals surface area contributed by atoms with Gasteiger partial charge in [-0.3, -0.25) is 0 Å². The highest BCUT2D eigenvalue weighted by Crippen LogP contribution is 2.26. The summed E-state index contributed by atoms with van der Waals surface area (Å²) in [7, 11) is 0. The molecule has 0 spiro atoms. The Kier molecular flexibility index (Phi) is 1.77. The Hall–Kier alpha value is -1.78. The lowest BCUT2D eigenvalue weighted by Crippen LogP contribution is -2.24. The summed E-state index contributed by atoms with van der Waals surface area (Å²) < 4.78 is 10.00. The van der Waals surface area contributed by atoms with Crippen LogP contribution in [-0.4, -0.2) is 36.4 Å². The number of hydrogen-bond donors (Lipinski definition) is 0. The highest BCUT2D eigenvalue weighted by molar-refractivity contribution is 5.63. The molecule has 2 saturated heterocycles. The zero-order valence-electron chi connectivity index (χ0n) is 7.92. The van der Waals surface area contributed by atoms with Crippen molar-refractivity contribution in [2.75, 3.05) is 18.0 Å². The molecule has 0 unspecified atom stereocenters. The van der Waals surface area contributed by atoms with Crippen molar-refractivity contribution in [2.45, 2.75) is 12.2 Å². The molecule has 0 amide bonds. The smallest absolute Gasteiger partial charge is 0.425 e. The highest BCUT2D eigenvalue weighted by atomic mass is 16.8. The summed E-state index contributed by atoms with van der Waals surface area (Å²) in [5.74, 6) is 0.864. The van der Waals surface area contributed by atoms with Gasteiger partial charge in [0.15, 0.2) is 12.2 Å². The maximum Gasteiger partial charge on any atom is 0.509 e. The van der Waals surface area contributed by atoms with Crippen molar-refractivity contribution < 1.29 is 14.3 Å². The molecule has 77 valence electrons. The van der Waals surface area contributed by atoms with Crippen molar-refractivity contribution in [3.05, 3.63) is 24.4 Å². The number of hydrogen-bond acceptors (Lipinski definition) is 5. The number of rotatable bonds is 1. The number of carbonyl (C=O) groups is 1. The number of carbonyl (C=O) groups excluding carboxylic acids is 1. The van der Waals surface area contributed by atoms with Crippen LogP contribution in [0, 0.1) is 6.07 Å². The van der Waals surface area contributed by atoms with Crippen molar-refractivity contribution >= 4 is 12.0 Å². The third-order valence-corrected chi connectivity index (χ3v) is 2.63. The molecule has 0 saturated carbocycles. The summed E-state index contributed by atoms with van der Waals surface area (Å²) in [5.41, 5.74) is 0. The molecular formula is C10H9N2O3. The molecule has 2 fully saturated rings. The Morgan fingerprint density at radius 3 is 2.73 bits per heavy atom. The molecule has 2 aliphatic heterocycles. The van der Waals surface area contributed by atoms with Crippen LogP contribution in [0.5, 0.6) is 0 Å². The summed E-state index contributed by atoms with van der Waals surface area (Å²) in [6.07, 6.45) is 0.766. The van der Waals surface area contributed by atoms with Crippen LogP contribution in [0.3, 0.4) is 0 Å². The number of aromatic nitrogens is 1. The van der Waals surface area contributed by atoms with Gasteiger partial charge >= 0.3 is 6.16 Å². The standard InChI is InChI=1S/C10H9N2O3/c13-10-14-7-5-12(6-8(7)15-10)9-3-1-2-4-11-9/h1,3-4,7-8H,5-6H2/t7-,8+. The normalized spacial score (nSPS) is 28.5. The Morgan fingerprint density at radius 2 is 2.13 bits per heavy atom. The topological polar surface area (TPSA) is 51.7 Å². The molecule has 1 aromatic rings. The first kappa shape index (κ1) is 8.52. The molecule has 15 heavy (non-hydrogen) atoms. The van der Waals surface area contributed by atoms with Gasteiger partial charge in [0.1, 0.15) is 5.82 Å². The van der Waals surface area contributed by atoms with E-state index in [1.54, 1.807) is 6.20 Å². The second-order valence-electron chi connectivity index (χ2n) is 3.58. The highest BCUT2D eigenvalue weighted by Gasteiger charge is 2.44. The Labute approximate surface area is 86.6 Å². The van der Waals surface area contributed by atoms with Crippen LogP contribution in [0.25, 0.3) is 0 Å².